The summed E-state index contributed by atoms with van der Waals surface area (Å²) >= 11 is 0. The minimum Gasteiger partial charge on any atom is -0.320 e. The van der Waals surface area contributed by atoms with Gasteiger partial charge in [0.2, 0.25) is 0 Å². The van der Waals surface area contributed by atoms with Crippen molar-refractivity contribution in [2.75, 3.05) is 5.32 Å². The normalized spacial score (nSPS) is 15.2. The molecule has 0 unspecified atom stereocenters. The van der Waals surface area contributed by atoms with Crippen LogP contribution in [0.2, 0.25) is 0 Å². The van der Waals surface area contributed by atoms with Crippen molar-refractivity contribution in [3.63, 3.8) is 0 Å². The summed E-state index contributed by atoms with van der Waals surface area (Å²) in [7, 11) is 0. The molecule has 0 saturated heterocycles. The molecule has 4 nitrogen and oxygen atoms in total. The lowest BCUT2D eigenvalue weighted by Gasteiger charge is -2.39. The molecule has 2 aromatic rings. The lowest BCUT2D eigenvalue weighted by Crippen LogP contribution is -2.71. The highest BCUT2D eigenvalue weighted by Gasteiger charge is 2.91. The fourth-order valence-corrected chi connectivity index (χ4v) is 3.36. The summed E-state index contributed by atoms with van der Waals surface area (Å²) in [4.78, 5) is 37.2. The predicted octanol–water partition coefficient (Wildman–Crippen LogP) is 6.14. The van der Waals surface area contributed by atoms with Gasteiger partial charge in [-0.2, -0.15) is 57.1 Å². The van der Waals surface area contributed by atoms with Gasteiger partial charge in [0.15, 0.2) is 11.6 Å². The van der Waals surface area contributed by atoms with Gasteiger partial charge in [0.25, 0.3) is 0 Å². The number of halogens is 13. The van der Waals surface area contributed by atoms with E-state index in [0.717, 1.165) is 29.6 Å². The van der Waals surface area contributed by atoms with E-state index in [1.165, 1.54) is 12.1 Å². The molecule has 206 valence electrons. The van der Waals surface area contributed by atoms with Gasteiger partial charge >= 0.3 is 41.7 Å². The number of carbonyl (C=O) groups is 3. The molecule has 0 heterocycles. The number of anilines is 1. The number of benzene rings is 2. The first-order valence-electron chi connectivity index (χ1n) is 9.64. The van der Waals surface area contributed by atoms with E-state index in [4.69, 9.17) is 0 Å². The Hall–Kier alpha value is -3.66. The first kappa shape index (κ1) is 28.9. The Morgan fingerprint density at radius 1 is 0.553 bits per heavy atom. The van der Waals surface area contributed by atoms with Crippen LogP contribution in [0.1, 0.15) is 31.8 Å². The maximum Gasteiger partial charge on any atom is 0.460 e. The summed E-state index contributed by atoms with van der Waals surface area (Å²) in [5.74, 6) is -44.9. The van der Waals surface area contributed by atoms with Crippen molar-refractivity contribution < 1.29 is 71.5 Å². The molecule has 0 atom stereocenters. The van der Waals surface area contributed by atoms with Gasteiger partial charge in [0.1, 0.15) is 0 Å². The van der Waals surface area contributed by atoms with E-state index in [9.17, 15) is 71.5 Å². The molecule has 0 saturated carbocycles. The molecule has 3 rings (SSSR count). The maximum atomic E-state index is 14.2. The smallest absolute Gasteiger partial charge is 0.320 e. The van der Waals surface area contributed by atoms with Crippen molar-refractivity contribution in [1.82, 2.24) is 0 Å². The highest BCUT2D eigenvalue weighted by Crippen LogP contribution is 2.60. The second-order valence-corrected chi connectivity index (χ2v) is 7.76. The van der Waals surface area contributed by atoms with Crippen molar-refractivity contribution in [2.24, 2.45) is 0 Å². The number of amides is 1. The molecular formula is C21H8F13NO3. The third-order valence-corrected chi connectivity index (χ3v) is 5.42. The molecule has 0 aromatic heterocycles. The Balaban J connectivity index is 2.04. The van der Waals surface area contributed by atoms with Crippen molar-refractivity contribution in [2.45, 2.75) is 35.8 Å². The summed E-state index contributed by atoms with van der Waals surface area (Å²) in [6.07, 6.45) is -7.60. The number of carbonyl (C=O) groups excluding carboxylic acids is 3. The molecule has 2 aromatic carbocycles. The Morgan fingerprint density at radius 3 is 1.50 bits per heavy atom. The number of ketones is 2. The molecule has 0 radical (unpaired) electrons. The summed E-state index contributed by atoms with van der Waals surface area (Å²) in [6, 6.07) is 7.04. The van der Waals surface area contributed by atoms with E-state index >= 15 is 0 Å². The number of nitrogens with one attached hydrogen (secondary N) is 1. The largest absolute Gasteiger partial charge is 0.460 e. The van der Waals surface area contributed by atoms with Gasteiger partial charge in [-0.05, 0) is 6.07 Å². The van der Waals surface area contributed by atoms with Gasteiger partial charge in [0, 0.05) is 16.7 Å². The predicted molar refractivity (Wildman–Crippen MR) is 99.2 cm³/mol. The monoisotopic (exact) mass is 569 g/mol. The first-order chi connectivity index (χ1) is 17.1. The Morgan fingerprint density at radius 2 is 1.00 bits per heavy atom. The van der Waals surface area contributed by atoms with Crippen LogP contribution in [-0.2, 0) is 4.79 Å². The standard InChI is InChI=1S/C21H8F13NO3/c22-16(23,17(24,25)18(26,27)19(28,29)20(30,31)21(32,33)34)15(38)35-11-7-3-6-10-12(11)14(37)9-5-2-1-4-8(9)13(10)36/h1-7H,(H,35,38). The fraction of sp³-hybridized carbons (Fsp3) is 0.286. The van der Waals surface area contributed by atoms with Crippen LogP contribution >= 0.6 is 0 Å². The second-order valence-electron chi connectivity index (χ2n) is 7.76. The van der Waals surface area contributed by atoms with Gasteiger partial charge in [-0.15, -0.1) is 0 Å². The van der Waals surface area contributed by atoms with Gasteiger partial charge in [-0.3, -0.25) is 14.4 Å². The molecule has 0 fully saturated rings. The number of fused-ring (bicyclic) bond motifs is 2. The van der Waals surface area contributed by atoms with Crippen LogP contribution < -0.4 is 5.32 Å². The summed E-state index contributed by atoms with van der Waals surface area (Å²) < 4.78 is 173. The van der Waals surface area contributed by atoms with E-state index in [-0.39, 0.29) is 11.1 Å². The molecule has 1 aliphatic carbocycles. The van der Waals surface area contributed by atoms with Crippen LogP contribution in [0.4, 0.5) is 62.8 Å². The second kappa shape index (κ2) is 8.42. The van der Waals surface area contributed by atoms with E-state index < -0.39 is 70.1 Å². The minimum absolute atomic E-state index is 0.210. The van der Waals surface area contributed by atoms with E-state index in [1.807, 2.05) is 0 Å². The zero-order valence-corrected chi connectivity index (χ0v) is 17.7. The molecule has 38 heavy (non-hydrogen) atoms. The Kier molecular flexibility index (Phi) is 6.41. The maximum absolute atomic E-state index is 14.2. The van der Waals surface area contributed by atoms with E-state index in [2.05, 4.69) is 0 Å². The minimum atomic E-state index is -8.18. The molecule has 17 heteroatoms. The van der Waals surface area contributed by atoms with Crippen molar-refractivity contribution in [3.8, 4) is 0 Å². The van der Waals surface area contributed by atoms with Gasteiger partial charge in [-0.1, -0.05) is 36.4 Å². The lowest BCUT2D eigenvalue weighted by molar-refractivity contribution is -0.435. The molecule has 1 N–H and O–H groups in total. The van der Waals surface area contributed by atoms with Crippen molar-refractivity contribution >= 4 is 23.2 Å². The Labute approximate surface area is 201 Å². The van der Waals surface area contributed by atoms with Crippen LogP contribution in [-0.4, -0.2) is 53.3 Å². The first-order valence-corrected chi connectivity index (χ1v) is 9.64. The van der Waals surface area contributed by atoms with E-state index in [0.29, 0.717) is 6.07 Å². The van der Waals surface area contributed by atoms with Gasteiger partial charge in [-0.25, -0.2) is 0 Å². The summed E-state index contributed by atoms with van der Waals surface area (Å²) in [5.41, 5.74) is -3.28. The van der Waals surface area contributed by atoms with Crippen LogP contribution in [0.25, 0.3) is 0 Å². The van der Waals surface area contributed by atoms with Crippen LogP contribution in [0.15, 0.2) is 42.5 Å². The highest BCUT2D eigenvalue weighted by molar-refractivity contribution is 6.30. The topological polar surface area (TPSA) is 63.2 Å². The zero-order chi connectivity index (χ0) is 29.3. The molecule has 1 aliphatic rings. The highest BCUT2D eigenvalue weighted by atomic mass is 19.4. The molecular weight excluding hydrogens is 561 g/mol. The number of alkyl halides is 13. The molecule has 1 amide bonds. The fourth-order valence-electron chi connectivity index (χ4n) is 3.36. The van der Waals surface area contributed by atoms with Crippen LogP contribution in [0.5, 0.6) is 0 Å². The van der Waals surface area contributed by atoms with Crippen molar-refractivity contribution in [1.29, 1.82) is 0 Å². The van der Waals surface area contributed by atoms with Crippen LogP contribution in [0.3, 0.4) is 0 Å². The van der Waals surface area contributed by atoms with Gasteiger partial charge < -0.3 is 5.32 Å². The average molecular weight is 569 g/mol. The average Bonchev–Trinajstić information content (AvgIpc) is 2.81. The summed E-state index contributed by atoms with van der Waals surface area (Å²) in [5, 5.41) is 0.861. The lowest BCUT2D eigenvalue weighted by atomic mass is 9.83. The quantitative estimate of drug-likeness (QED) is 0.363. The third kappa shape index (κ3) is 3.73. The SMILES string of the molecule is O=C1c2ccccc2C(=O)c2c(NC(=O)C(F)(F)C(F)(F)C(F)(F)C(F)(F)C(F)(F)C(F)(F)F)cccc21. The van der Waals surface area contributed by atoms with Gasteiger partial charge in [0.05, 0.1) is 11.3 Å². The molecule has 0 aliphatic heterocycles. The zero-order valence-electron chi connectivity index (χ0n) is 17.7. The number of hydrogen-bond donors (Lipinski definition) is 1. The van der Waals surface area contributed by atoms with Crippen molar-refractivity contribution in [3.05, 3.63) is 64.7 Å². The number of hydrogen-bond acceptors (Lipinski definition) is 3. The number of rotatable bonds is 6. The summed E-state index contributed by atoms with van der Waals surface area (Å²) in [6.45, 7) is 0. The molecule has 0 spiro atoms. The van der Waals surface area contributed by atoms with E-state index in [1.54, 1.807) is 0 Å². The molecule has 0 bridgehead atoms. The van der Waals surface area contributed by atoms with Crippen LogP contribution in [0, 0.1) is 0 Å². The third-order valence-electron chi connectivity index (χ3n) is 5.42. The Bertz CT molecular complexity index is 1330.